The molecule has 3 unspecified atom stereocenters. The monoisotopic (exact) mass is 281 g/mol. The van der Waals surface area contributed by atoms with E-state index in [1.54, 1.807) is 0 Å². The molecule has 0 spiro atoms. The summed E-state index contributed by atoms with van der Waals surface area (Å²) in [4.78, 5) is 0. The van der Waals surface area contributed by atoms with Crippen molar-refractivity contribution in [3.63, 3.8) is 0 Å². The zero-order chi connectivity index (χ0) is 13.6. The van der Waals surface area contributed by atoms with Crippen LogP contribution in [0.15, 0.2) is 0 Å². The smallest absolute Gasteiger partial charge is 0.0849 e. The van der Waals surface area contributed by atoms with Gasteiger partial charge in [0.05, 0.1) is 16.4 Å². The second-order valence-corrected chi connectivity index (χ2v) is 6.89. The summed E-state index contributed by atoms with van der Waals surface area (Å²) in [5, 5.41) is 5.42. The predicted molar refractivity (Wildman–Crippen MR) is 78.2 cm³/mol. The van der Waals surface area contributed by atoms with Crippen molar-refractivity contribution in [2.75, 3.05) is 6.54 Å². The lowest BCUT2D eigenvalue weighted by atomic mass is 9.70. The molecular weight excluding hydrogens is 258 g/mol. The van der Waals surface area contributed by atoms with Gasteiger partial charge in [0.1, 0.15) is 0 Å². The van der Waals surface area contributed by atoms with Crippen LogP contribution in [0.3, 0.4) is 0 Å². The lowest BCUT2D eigenvalue weighted by Crippen LogP contribution is -2.38. The zero-order valence-corrected chi connectivity index (χ0v) is 12.7. The van der Waals surface area contributed by atoms with Crippen LogP contribution in [0.25, 0.3) is 0 Å². The van der Waals surface area contributed by atoms with Crippen molar-refractivity contribution in [3.05, 3.63) is 16.4 Å². The van der Waals surface area contributed by atoms with Crippen LogP contribution in [0, 0.1) is 17.3 Å². The minimum Gasteiger partial charge on any atom is -0.330 e. The highest BCUT2D eigenvalue weighted by Gasteiger charge is 2.50. The van der Waals surface area contributed by atoms with E-state index in [9.17, 15) is 0 Å². The number of rotatable bonds is 4. The van der Waals surface area contributed by atoms with Crippen molar-refractivity contribution in [2.24, 2.45) is 30.0 Å². The summed E-state index contributed by atoms with van der Waals surface area (Å²) >= 11 is 6.51. The third-order valence-electron chi connectivity index (χ3n) is 5.53. The fraction of sp³-hybridized carbons (Fsp3) is 0.800. The van der Waals surface area contributed by atoms with Crippen LogP contribution in [0.5, 0.6) is 0 Å². The molecule has 19 heavy (non-hydrogen) atoms. The second kappa shape index (κ2) is 4.78. The summed E-state index contributed by atoms with van der Waals surface area (Å²) in [6.07, 6.45) is 7.34. The Labute approximate surface area is 120 Å². The summed E-state index contributed by atoms with van der Waals surface area (Å²) in [5.74, 6) is 1.71. The molecule has 1 aromatic rings. The second-order valence-electron chi connectivity index (χ2n) is 6.51. The molecule has 4 heteroatoms. The highest BCUT2D eigenvalue weighted by atomic mass is 35.5. The molecule has 3 atom stereocenters. The molecule has 0 radical (unpaired) electrons. The number of halogens is 1. The minimum absolute atomic E-state index is 0.283. The number of aryl methyl sites for hydroxylation is 2. The van der Waals surface area contributed by atoms with Gasteiger partial charge in [0, 0.05) is 7.05 Å². The summed E-state index contributed by atoms with van der Waals surface area (Å²) in [6.45, 7) is 2.89. The molecule has 2 saturated carbocycles. The quantitative estimate of drug-likeness (QED) is 0.922. The van der Waals surface area contributed by atoms with Gasteiger partial charge in [-0.25, -0.2) is 0 Å². The predicted octanol–water partition coefficient (Wildman–Crippen LogP) is 2.94. The van der Waals surface area contributed by atoms with E-state index in [4.69, 9.17) is 17.3 Å². The van der Waals surface area contributed by atoms with Crippen molar-refractivity contribution in [1.29, 1.82) is 0 Å². The molecule has 1 aromatic heterocycles. The summed E-state index contributed by atoms with van der Waals surface area (Å²) in [7, 11) is 2.01. The van der Waals surface area contributed by atoms with E-state index >= 15 is 0 Å². The Bertz CT molecular complexity index is 482. The van der Waals surface area contributed by atoms with Crippen molar-refractivity contribution >= 4 is 11.6 Å². The Balaban J connectivity index is 1.90. The largest absolute Gasteiger partial charge is 0.330 e. The molecule has 1 heterocycles. The Morgan fingerprint density at radius 1 is 1.47 bits per heavy atom. The maximum absolute atomic E-state index is 6.51. The van der Waals surface area contributed by atoms with Gasteiger partial charge in [-0.15, -0.1) is 0 Å². The normalized spacial score (nSPS) is 33.3. The van der Waals surface area contributed by atoms with E-state index in [2.05, 4.69) is 12.0 Å². The van der Waals surface area contributed by atoms with Crippen molar-refractivity contribution in [2.45, 2.75) is 45.4 Å². The Morgan fingerprint density at radius 2 is 2.26 bits per heavy atom. The lowest BCUT2D eigenvalue weighted by Gasteiger charge is -2.37. The first-order valence-electron chi connectivity index (χ1n) is 7.50. The molecule has 0 aromatic carbocycles. The molecule has 0 saturated heterocycles. The Kier molecular flexibility index (Phi) is 3.38. The highest BCUT2D eigenvalue weighted by molar-refractivity contribution is 6.31. The van der Waals surface area contributed by atoms with Gasteiger partial charge >= 0.3 is 0 Å². The number of fused-ring (bicyclic) bond motifs is 2. The molecule has 2 aliphatic carbocycles. The number of hydrogen-bond acceptors (Lipinski definition) is 2. The molecular formula is C15H24ClN3. The lowest BCUT2D eigenvalue weighted by molar-refractivity contribution is 0.168. The standard InChI is InChI=1S/C15H24ClN3/c1-3-12-14(16)13(19(2)18-12)8-15(9-17)7-10-4-5-11(15)6-10/h10-11H,3-9,17H2,1-2H3. The molecule has 2 aliphatic rings. The third-order valence-corrected chi connectivity index (χ3v) is 5.97. The van der Waals surface area contributed by atoms with E-state index in [0.717, 1.165) is 41.9 Å². The summed E-state index contributed by atoms with van der Waals surface area (Å²) in [6, 6.07) is 0. The first-order valence-corrected chi connectivity index (χ1v) is 7.87. The average molecular weight is 282 g/mol. The molecule has 3 rings (SSSR count). The molecule has 2 bridgehead atoms. The SMILES string of the molecule is CCc1nn(C)c(CC2(CN)CC3CCC2C3)c1Cl. The van der Waals surface area contributed by atoms with E-state index in [0.29, 0.717) is 0 Å². The van der Waals surface area contributed by atoms with Gasteiger partial charge in [0.2, 0.25) is 0 Å². The Morgan fingerprint density at radius 3 is 2.74 bits per heavy atom. The van der Waals surface area contributed by atoms with Gasteiger partial charge in [-0.05, 0) is 55.9 Å². The Hall–Kier alpha value is -0.540. The van der Waals surface area contributed by atoms with Crippen LogP contribution in [0.4, 0.5) is 0 Å². The molecule has 3 nitrogen and oxygen atoms in total. The highest BCUT2D eigenvalue weighted by Crippen LogP contribution is 2.57. The van der Waals surface area contributed by atoms with Gasteiger partial charge < -0.3 is 5.73 Å². The van der Waals surface area contributed by atoms with E-state index in [1.165, 1.54) is 31.4 Å². The van der Waals surface area contributed by atoms with Crippen LogP contribution < -0.4 is 5.73 Å². The van der Waals surface area contributed by atoms with Gasteiger partial charge in [0.25, 0.3) is 0 Å². The van der Waals surface area contributed by atoms with Crippen molar-refractivity contribution in [1.82, 2.24) is 9.78 Å². The fourth-order valence-electron chi connectivity index (χ4n) is 4.44. The minimum atomic E-state index is 0.283. The molecule has 106 valence electrons. The van der Waals surface area contributed by atoms with Gasteiger partial charge in [-0.1, -0.05) is 24.9 Å². The zero-order valence-electron chi connectivity index (χ0n) is 12.0. The van der Waals surface area contributed by atoms with Crippen LogP contribution in [-0.2, 0) is 19.9 Å². The van der Waals surface area contributed by atoms with Crippen molar-refractivity contribution < 1.29 is 0 Å². The molecule has 2 N–H and O–H groups in total. The number of hydrogen-bond donors (Lipinski definition) is 1. The van der Waals surface area contributed by atoms with Gasteiger partial charge in [-0.3, -0.25) is 4.68 Å². The first kappa shape index (κ1) is 13.4. The number of nitrogens with zero attached hydrogens (tertiary/aromatic N) is 2. The average Bonchev–Trinajstić information content (AvgIpc) is 3.07. The topological polar surface area (TPSA) is 43.8 Å². The van der Waals surface area contributed by atoms with E-state index < -0.39 is 0 Å². The molecule has 0 aliphatic heterocycles. The number of aromatic nitrogens is 2. The van der Waals surface area contributed by atoms with E-state index in [-0.39, 0.29) is 5.41 Å². The van der Waals surface area contributed by atoms with Crippen LogP contribution in [0.2, 0.25) is 5.02 Å². The van der Waals surface area contributed by atoms with Crippen LogP contribution in [-0.4, -0.2) is 16.3 Å². The van der Waals surface area contributed by atoms with Crippen LogP contribution >= 0.6 is 11.6 Å². The molecule has 0 amide bonds. The maximum Gasteiger partial charge on any atom is 0.0849 e. The van der Waals surface area contributed by atoms with E-state index in [1.807, 2.05) is 11.7 Å². The molecule has 2 fully saturated rings. The number of nitrogens with two attached hydrogens (primary N) is 1. The van der Waals surface area contributed by atoms with Gasteiger partial charge in [0.15, 0.2) is 0 Å². The fourth-order valence-corrected chi connectivity index (χ4v) is 4.80. The summed E-state index contributed by atoms with van der Waals surface area (Å²) < 4.78 is 1.98. The maximum atomic E-state index is 6.51. The first-order chi connectivity index (χ1) is 9.09. The van der Waals surface area contributed by atoms with Crippen LogP contribution in [0.1, 0.15) is 44.0 Å². The van der Waals surface area contributed by atoms with Crippen molar-refractivity contribution in [3.8, 4) is 0 Å². The van der Waals surface area contributed by atoms with Gasteiger partial charge in [-0.2, -0.15) is 5.10 Å². The summed E-state index contributed by atoms with van der Waals surface area (Å²) in [5.41, 5.74) is 8.67. The third kappa shape index (κ3) is 2.02.